The number of rotatable bonds is 3. The van der Waals surface area contributed by atoms with Crippen molar-refractivity contribution >= 4 is 0 Å². The van der Waals surface area contributed by atoms with Gasteiger partial charge in [0.1, 0.15) is 5.75 Å². The maximum atomic E-state index is 5.56. The van der Waals surface area contributed by atoms with Gasteiger partial charge in [-0.25, -0.2) is 0 Å². The Labute approximate surface area is 72.6 Å². The molecule has 0 saturated heterocycles. The van der Waals surface area contributed by atoms with Gasteiger partial charge >= 0.3 is 0 Å². The van der Waals surface area contributed by atoms with Gasteiger partial charge in [-0.15, -0.1) is 0 Å². The summed E-state index contributed by atoms with van der Waals surface area (Å²) in [4.78, 5) is 4.25. The first-order valence-corrected chi connectivity index (χ1v) is 4.50. The number of pyridine rings is 1. The molecule has 0 unspecified atom stereocenters. The van der Waals surface area contributed by atoms with Gasteiger partial charge in [0.15, 0.2) is 0 Å². The second-order valence-corrected chi connectivity index (χ2v) is 3.16. The van der Waals surface area contributed by atoms with Gasteiger partial charge in [0.25, 0.3) is 0 Å². The molecule has 2 heteroatoms. The van der Waals surface area contributed by atoms with Crippen LogP contribution in [0.25, 0.3) is 0 Å². The molecule has 1 aromatic rings. The Balaban J connectivity index is 2.02. The molecule has 1 aliphatic carbocycles. The molecule has 0 aliphatic heterocycles. The molecule has 1 fully saturated rings. The topological polar surface area (TPSA) is 22.1 Å². The van der Waals surface area contributed by atoms with Crippen molar-refractivity contribution in [3.8, 4) is 5.75 Å². The molecule has 0 N–H and O–H groups in total. The summed E-state index contributed by atoms with van der Waals surface area (Å²) in [6, 6.07) is 4.03. The van der Waals surface area contributed by atoms with Gasteiger partial charge in [-0.05, 0) is 31.4 Å². The Morgan fingerprint density at radius 1 is 1.50 bits per heavy atom. The summed E-state index contributed by atoms with van der Waals surface area (Å²) in [6.07, 6.45) is 5.69. The predicted octanol–water partition coefficient (Wildman–Crippen LogP) is 2.19. The third-order valence-electron chi connectivity index (χ3n) is 1.99. The van der Waals surface area contributed by atoms with Gasteiger partial charge in [0.2, 0.25) is 0 Å². The Bertz CT molecular complexity index is 251. The molecule has 1 heterocycles. The summed E-state index contributed by atoms with van der Waals surface area (Å²) in [6.45, 7) is 2.10. The van der Waals surface area contributed by atoms with E-state index in [1.165, 1.54) is 12.8 Å². The molecule has 0 aromatic carbocycles. The van der Waals surface area contributed by atoms with Crippen LogP contribution in [0.15, 0.2) is 18.3 Å². The second-order valence-electron chi connectivity index (χ2n) is 3.16. The van der Waals surface area contributed by atoms with Crippen LogP contribution in [-0.2, 0) is 6.42 Å². The number of aromatic nitrogens is 1. The zero-order valence-corrected chi connectivity index (χ0v) is 7.29. The standard InChI is InChI=1S/C10H13NO/c1-2-8-3-4-10(7-11-8)12-9-5-6-9/h3-4,7,9H,2,5-6H2,1H3. The quantitative estimate of drug-likeness (QED) is 0.681. The van der Waals surface area contributed by atoms with Crippen LogP contribution in [0.1, 0.15) is 25.5 Å². The van der Waals surface area contributed by atoms with E-state index < -0.39 is 0 Å². The van der Waals surface area contributed by atoms with Crippen molar-refractivity contribution in [2.75, 3.05) is 0 Å². The van der Waals surface area contributed by atoms with E-state index in [4.69, 9.17) is 4.74 Å². The molecule has 64 valence electrons. The summed E-state index contributed by atoms with van der Waals surface area (Å²) in [5.74, 6) is 0.912. The van der Waals surface area contributed by atoms with Crippen LogP contribution in [0.5, 0.6) is 5.75 Å². The first-order chi connectivity index (χ1) is 5.88. The lowest BCUT2D eigenvalue weighted by atomic mass is 10.3. The lowest BCUT2D eigenvalue weighted by Gasteiger charge is -2.03. The van der Waals surface area contributed by atoms with E-state index in [9.17, 15) is 0 Å². The smallest absolute Gasteiger partial charge is 0.138 e. The number of aryl methyl sites for hydroxylation is 1. The monoisotopic (exact) mass is 163 g/mol. The maximum absolute atomic E-state index is 5.56. The van der Waals surface area contributed by atoms with Gasteiger partial charge in [-0.2, -0.15) is 0 Å². The largest absolute Gasteiger partial charge is 0.489 e. The molecular formula is C10H13NO. The third-order valence-corrected chi connectivity index (χ3v) is 1.99. The van der Waals surface area contributed by atoms with Crippen molar-refractivity contribution in [1.29, 1.82) is 0 Å². The van der Waals surface area contributed by atoms with E-state index in [1.807, 2.05) is 18.3 Å². The lowest BCUT2D eigenvalue weighted by Crippen LogP contribution is -1.96. The molecule has 2 rings (SSSR count). The van der Waals surface area contributed by atoms with Crippen LogP contribution < -0.4 is 4.74 Å². The molecule has 2 nitrogen and oxygen atoms in total. The van der Waals surface area contributed by atoms with E-state index in [-0.39, 0.29) is 0 Å². The van der Waals surface area contributed by atoms with Crippen molar-refractivity contribution in [2.24, 2.45) is 0 Å². The summed E-state index contributed by atoms with van der Waals surface area (Å²) >= 11 is 0. The highest BCUT2D eigenvalue weighted by molar-refractivity contribution is 5.20. The molecule has 1 aromatic heterocycles. The number of ether oxygens (including phenoxy) is 1. The predicted molar refractivity (Wildman–Crippen MR) is 47.3 cm³/mol. The Morgan fingerprint density at radius 2 is 2.33 bits per heavy atom. The van der Waals surface area contributed by atoms with Gasteiger partial charge in [-0.3, -0.25) is 4.98 Å². The third kappa shape index (κ3) is 1.76. The number of hydrogen-bond acceptors (Lipinski definition) is 2. The molecule has 0 radical (unpaired) electrons. The van der Waals surface area contributed by atoms with Crippen LogP contribution >= 0.6 is 0 Å². The zero-order valence-electron chi connectivity index (χ0n) is 7.29. The van der Waals surface area contributed by atoms with E-state index >= 15 is 0 Å². The number of nitrogens with zero attached hydrogens (tertiary/aromatic N) is 1. The van der Waals surface area contributed by atoms with Gasteiger partial charge in [0.05, 0.1) is 12.3 Å². The van der Waals surface area contributed by atoms with Gasteiger partial charge in [0, 0.05) is 5.69 Å². The summed E-state index contributed by atoms with van der Waals surface area (Å²) < 4.78 is 5.56. The normalized spacial score (nSPS) is 16.1. The first kappa shape index (κ1) is 7.59. The highest BCUT2D eigenvalue weighted by Crippen LogP contribution is 2.26. The van der Waals surface area contributed by atoms with E-state index in [0.29, 0.717) is 6.10 Å². The fourth-order valence-electron chi connectivity index (χ4n) is 1.07. The Morgan fingerprint density at radius 3 is 2.83 bits per heavy atom. The Kier molecular flexibility index (Phi) is 1.98. The van der Waals surface area contributed by atoms with Crippen LogP contribution in [0.2, 0.25) is 0 Å². The van der Waals surface area contributed by atoms with E-state index in [1.54, 1.807) is 0 Å². The average molecular weight is 163 g/mol. The molecule has 1 aliphatic rings. The van der Waals surface area contributed by atoms with Crippen LogP contribution in [-0.4, -0.2) is 11.1 Å². The van der Waals surface area contributed by atoms with Crippen LogP contribution in [0, 0.1) is 0 Å². The summed E-state index contributed by atoms with van der Waals surface area (Å²) in [5, 5.41) is 0. The van der Waals surface area contributed by atoms with Crippen molar-refractivity contribution in [3.63, 3.8) is 0 Å². The summed E-state index contributed by atoms with van der Waals surface area (Å²) in [7, 11) is 0. The molecular weight excluding hydrogens is 150 g/mol. The maximum Gasteiger partial charge on any atom is 0.138 e. The number of hydrogen-bond donors (Lipinski definition) is 0. The van der Waals surface area contributed by atoms with Gasteiger partial charge in [-0.1, -0.05) is 6.92 Å². The van der Waals surface area contributed by atoms with Crippen molar-refractivity contribution in [3.05, 3.63) is 24.0 Å². The summed E-state index contributed by atoms with van der Waals surface area (Å²) in [5.41, 5.74) is 1.12. The molecule has 12 heavy (non-hydrogen) atoms. The van der Waals surface area contributed by atoms with Crippen LogP contribution in [0.3, 0.4) is 0 Å². The molecule has 0 atom stereocenters. The lowest BCUT2D eigenvalue weighted by molar-refractivity contribution is 0.302. The zero-order chi connectivity index (χ0) is 8.39. The average Bonchev–Trinajstić information content (AvgIpc) is 2.90. The minimum absolute atomic E-state index is 0.472. The highest BCUT2D eigenvalue weighted by atomic mass is 16.5. The minimum atomic E-state index is 0.472. The van der Waals surface area contributed by atoms with E-state index in [0.717, 1.165) is 17.9 Å². The SMILES string of the molecule is CCc1ccc(OC2CC2)cn1. The second kappa shape index (κ2) is 3.13. The highest BCUT2D eigenvalue weighted by Gasteiger charge is 2.23. The van der Waals surface area contributed by atoms with Crippen molar-refractivity contribution in [2.45, 2.75) is 32.3 Å². The molecule has 0 amide bonds. The first-order valence-electron chi connectivity index (χ1n) is 4.50. The Hall–Kier alpha value is -1.05. The minimum Gasteiger partial charge on any atom is -0.489 e. The van der Waals surface area contributed by atoms with Crippen molar-refractivity contribution < 1.29 is 4.74 Å². The van der Waals surface area contributed by atoms with E-state index in [2.05, 4.69) is 11.9 Å². The fourth-order valence-corrected chi connectivity index (χ4v) is 1.07. The molecule has 0 spiro atoms. The van der Waals surface area contributed by atoms with Gasteiger partial charge < -0.3 is 4.74 Å². The van der Waals surface area contributed by atoms with Crippen molar-refractivity contribution in [1.82, 2.24) is 4.98 Å². The molecule has 1 saturated carbocycles. The van der Waals surface area contributed by atoms with Crippen LogP contribution in [0.4, 0.5) is 0 Å². The fraction of sp³-hybridized carbons (Fsp3) is 0.500. The molecule has 0 bridgehead atoms.